The molecule has 2 amide bonds. The molecule has 27 heavy (non-hydrogen) atoms. The maximum absolute atomic E-state index is 13.1. The second-order valence-corrected chi connectivity index (χ2v) is 5.91. The summed E-state index contributed by atoms with van der Waals surface area (Å²) in [5.74, 6) is -2.84. The number of benzene rings is 2. The van der Waals surface area contributed by atoms with E-state index in [0.717, 1.165) is 18.6 Å². The number of nitrogens with one attached hydrogen (secondary N) is 2. The van der Waals surface area contributed by atoms with E-state index < -0.39 is 17.5 Å². The van der Waals surface area contributed by atoms with Gasteiger partial charge in [0.1, 0.15) is 0 Å². The molecule has 0 radical (unpaired) electrons. The first-order chi connectivity index (χ1) is 13.0. The van der Waals surface area contributed by atoms with Gasteiger partial charge in [0.05, 0.1) is 13.2 Å². The number of halogens is 2. The highest BCUT2D eigenvalue weighted by atomic mass is 19.2. The lowest BCUT2D eigenvalue weighted by atomic mass is 10.2. The number of amides is 2. The lowest BCUT2D eigenvalue weighted by Gasteiger charge is -2.08. The minimum atomic E-state index is -1.05. The molecule has 144 valence electrons. The Hall–Kier alpha value is -2.80. The summed E-state index contributed by atoms with van der Waals surface area (Å²) in [5.41, 5.74) is 1.32. The quantitative estimate of drug-likeness (QED) is 0.627. The number of rotatable bonds is 10. The van der Waals surface area contributed by atoms with Gasteiger partial charge < -0.3 is 15.4 Å². The molecule has 0 aliphatic rings. The standard InChI is InChI=1S/C20H22F2N2O3/c21-17-9-8-16(13-18(17)22)24-20(26)14-23-19(25)7-4-11-27-12-10-15-5-2-1-3-6-15/h1-3,5-6,8-9,13H,4,7,10-12,14H2,(H,23,25)(H,24,26). The van der Waals surface area contributed by atoms with Crippen LogP contribution in [0.1, 0.15) is 18.4 Å². The van der Waals surface area contributed by atoms with E-state index in [2.05, 4.69) is 10.6 Å². The van der Waals surface area contributed by atoms with Crippen LogP contribution in [-0.2, 0) is 20.7 Å². The molecule has 0 fully saturated rings. The number of hydrogen-bond donors (Lipinski definition) is 2. The number of carbonyl (C=O) groups is 2. The fourth-order valence-electron chi connectivity index (χ4n) is 2.32. The number of ether oxygens (including phenoxy) is 1. The van der Waals surface area contributed by atoms with Crippen molar-refractivity contribution in [2.45, 2.75) is 19.3 Å². The SMILES string of the molecule is O=C(CCCOCCc1ccccc1)NCC(=O)Nc1ccc(F)c(F)c1. The van der Waals surface area contributed by atoms with Crippen LogP contribution in [0, 0.1) is 11.6 Å². The molecule has 0 saturated heterocycles. The molecule has 0 bridgehead atoms. The second-order valence-electron chi connectivity index (χ2n) is 5.91. The highest BCUT2D eigenvalue weighted by molar-refractivity contribution is 5.94. The van der Waals surface area contributed by atoms with Crippen molar-refractivity contribution in [3.05, 3.63) is 65.7 Å². The molecule has 0 unspecified atom stereocenters. The van der Waals surface area contributed by atoms with E-state index >= 15 is 0 Å². The van der Waals surface area contributed by atoms with Crippen LogP contribution in [0.2, 0.25) is 0 Å². The third-order valence-electron chi connectivity index (χ3n) is 3.72. The molecule has 0 heterocycles. The van der Waals surface area contributed by atoms with Gasteiger partial charge in [-0.05, 0) is 30.5 Å². The normalized spacial score (nSPS) is 10.4. The van der Waals surface area contributed by atoms with Gasteiger partial charge in [0.2, 0.25) is 11.8 Å². The molecule has 5 nitrogen and oxygen atoms in total. The zero-order valence-electron chi connectivity index (χ0n) is 14.8. The molecular weight excluding hydrogens is 354 g/mol. The molecule has 7 heteroatoms. The molecule has 2 aromatic rings. The van der Waals surface area contributed by atoms with Gasteiger partial charge in [-0.15, -0.1) is 0 Å². The van der Waals surface area contributed by atoms with Gasteiger partial charge in [-0.25, -0.2) is 8.78 Å². The lowest BCUT2D eigenvalue weighted by molar-refractivity contribution is -0.124. The first-order valence-electron chi connectivity index (χ1n) is 8.68. The number of hydrogen-bond acceptors (Lipinski definition) is 3. The van der Waals surface area contributed by atoms with Gasteiger partial charge >= 0.3 is 0 Å². The largest absolute Gasteiger partial charge is 0.381 e. The second kappa shape index (κ2) is 11.0. The first-order valence-corrected chi connectivity index (χ1v) is 8.68. The number of carbonyl (C=O) groups excluding carboxylic acids is 2. The van der Waals surface area contributed by atoms with Crippen molar-refractivity contribution < 1.29 is 23.1 Å². The van der Waals surface area contributed by atoms with Crippen LogP contribution in [0.4, 0.5) is 14.5 Å². The van der Waals surface area contributed by atoms with Crippen molar-refractivity contribution in [3.8, 4) is 0 Å². The molecule has 0 aliphatic carbocycles. The molecule has 0 atom stereocenters. The Bertz CT molecular complexity index is 754. The molecule has 0 aliphatic heterocycles. The fraction of sp³-hybridized carbons (Fsp3) is 0.300. The van der Waals surface area contributed by atoms with Crippen molar-refractivity contribution in [2.75, 3.05) is 25.1 Å². The lowest BCUT2D eigenvalue weighted by Crippen LogP contribution is -2.32. The smallest absolute Gasteiger partial charge is 0.243 e. The van der Waals surface area contributed by atoms with Crippen LogP contribution in [0.15, 0.2) is 48.5 Å². The highest BCUT2D eigenvalue weighted by Crippen LogP contribution is 2.12. The summed E-state index contributed by atoms with van der Waals surface area (Å²) in [4.78, 5) is 23.4. The first kappa shape index (κ1) is 20.5. The molecule has 2 rings (SSSR count). The van der Waals surface area contributed by atoms with Crippen molar-refractivity contribution in [1.29, 1.82) is 0 Å². The van der Waals surface area contributed by atoms with Crippen LogP contribution >= 0.6 is 0 Å². The van der Waals surface area contributed by atoms with E-state index in [4.69, 9.17) is 4.74 Å². The van der Waals surface area contributed by atoms with Gasteiger partial charge in [0.15, 0.2) is 11.6 Å². The summed E-state index contributed by atoms with van der Waals surface area (Å²) in [6.45, 7) is 0.802. The predicted octanol–water partition coefficient (Wildman–Crippen LogP) is 3.06. The molecule has 0 saturated carbocycles. The summed E-state index contributed by atoms with van der Waals surface area (Å²) in [6.07, 6.45) is 1.60. The van der Waals surface area contributed by atoms with E-state index in [1.165, 1.54) is 11.6 Å². The average molecular weight is 376 g/mol. The summed E-state index contributed by atoms with van der Waals surface area (Å²) in [6, 6.07) is 13.0. The Morgan fingerprint density at radius 3 is 2.44 bits per heavy atom. The van der Waals surface area contributed by atoms with Crippen molar-refractivity contribution in [1.82, 2.24) is 5.32 Å². The predicted molar refractivity (Wildman–Crippen MR) is 98.2 cm³/mol. The van der Waals surface area contributed by atoms with Crippen molar-refractivity contribution in [3.63, 3.8) is 0 Å². The summed E-state index contributed by atoms with van der Waals surface area (Å²) in [5, 5.41) is 4.85. The van der Waals surface area contributed by atoms with Gasteiger partial charge in [-0.2, -0.15) is 0 Å². The number of anilines is 1. The third kappa shape index (κ3) is 7.96. The summed E-state index contributed by atoms with van der Waals surface area (Å²) >= 11 is 0. The topological polar surface area (TPSA) is 67.4 Å². The summed E-state index contributed by atoms with van der Waals surface area (Å²) < 4.78 is 31.4. The van der Waals surface area contributed by atoms with Crippen molar-refractivity contribution in [2.24, 2.45) is 0 Å². The monoisotopic (exact) mass is 376 g/mol. The van der Waals surface area contributed by atoms with Crippen LogP contribution < -0.4 is 10.6 Å². The highest BCUT2D eigenvalue weighted by Gasteiger charge is 2.08. The van der Waals surface area contributed by atoms with E-state index in [-0.39, 0.29) is 24.6 Å². The Labute approximate surface area is 156 Å². The van der Waals surface area contributed by atoms with E-state index in [9.17, 15) is 18.4 Å². The molecule has 2 N–H and O–H groups in total. The van der Waals surface area contributed by atoms with E-state index in [0.29, 0.717) is 19.6 Å². The maximum atomic E-state index is 13.1. The Morgan fingerprint density at radius 1 is 0.926 bits per heavy atom. The Balaban J connectivity index is 1.53. The maximum Gasteiger partial charge on any atom is 0.243 e. The minimum Gasteiger partial charge on any atom is -0.381 e. The molecular formula is C20H22F2N2O3. The summed E-state index contributed by atoms with van der Waals surface area (Å²) in [7, 11) is 0. The molecule has 0 spiro atoms. The van der Waals surface area contributed by atoms with Gasteiger partial charge in [-0.1, -0.05) is 30.3 Å². The zero-order valence-corrected chi connectivity index (χ0v) is 14.8. The molecule has 2 aromatic carbocycles. The van der Waals surface area contributed by atoms with E-state index in [1.807, 2.05) is 30.3 Å². The van der Waals surface area contributed by atoms with E-state index in [1.54, 1.807) is 0 Å². The molecule has 0 aromatic heterocycles. The fourth-order valence-corrected chi connectivity index (χ4v) is 2.32. The van der Waals surface area contributed by atoms with Gasteiger partial charge in [0.25, 0.3) is 0 Å². The van der Waals surface area contributed by atoms with Crippen LogP contribution in [0.5, 0.6) is 0 Å². The van der Waals surface area contributed by atoms with Crippen LogP contribution in [-0.4, -0.2) is 31.6 Å². The zero-order chi connectivity index (χ0) is 19.5. The minimum absolute atomic E-state index is 0.125. The van der Waals surface area contributed by atoms with Crippen molar-refractivity contribution >= 4 is 17.5 Å². The third-order valence-corrected chi connectivity index (χ3v) is 3.72. The van der Waals surface area contributed by atoms with Gasteiger partial charge in [0, 0.05) is 24.8 Å². The van der Waals surface area contributed by atoms with Crippen LogP contribution in [0.3, 0.4) is 0 Å². The average Bonchev–Trinajstić information content (AvgIpc) is 2.66. The van der Waals surface area contributed by atoms with Gasteiger partial charge in [-0.3, -0.25) is 9.59 Å². The van der Waals surface area contributed by atoms with Crippen LogP contribution in [0.25, 0.3) is 0 Å². The Kier molecular flexibility index (Phi) is 8.38. The Morgan fingerprint density at radius 2 is 1.70 bits per heavy atom.